The van der Waals surface area contributed by atoms with Crippen molar-refractivity contribution in [2.75, 3.05) is 14.2 Å². The molecule has 0 aromatic carbocycles. The number of hydrogen-bond acceptors (Lipinski definition) is 2. The van der Waals surface area contributed by atoms with E-state index in [1.165, 1.54) is 0 Å². The van der Waals surface area contributed by atoms with Gasteiger partial charge < -0.3 is 9.47 Å². The van der Waals surface area contributed by atoms with Gasteiger partial charge in [-0.05, 0) is 32.6 Å². The van der Waals surface area contributed by atoms with Crippen LogP contribution in [0.3, 0.4) is 0 Å². The predicted octanol–water partition coefficient (Wildman–Crippen LogP) is 2.43. The summed E-state index contributed by atoms with van der Waals surface area (Å²) < 4.78 is 10.4. The summed E-state index contributed by atoms with van der Waals surface area (Å²) in [6.45, 7) is 5.91. The Kier molecular flexibility index (Phi) is 7.51. The molecule has 0 heterocycles. The van der Waals surface area contributed by atoms with Crippen LogP contribution in [0.1, 0.15) is 32.6 Å². The Hall–Kier alpha value is -0.0800. The van der Waals surface area contributed by atoms with E-state index in [0.29, 0.717) is 12.2 Å². The first kappa shape index (κ1) is 11.9. The van der Waals surface area contributed by atoms with Crippen molar-refractivity contribution in [2.45, 2.75) is 44.8 Å². The number of ether oxygens (including phenoxy) is 2. The molecule has 0 saturated carbocycles. The molecule has 2 unspecified atom stereocenters. The van der Waals surface area contributed by atoms with Crippen molar-refractivity contribution in [1.29, 1.82) is 0 Å². The standard InChI is InChI=1S/C10H21O2/c1-5-10(12-4)8-6-7-9(2)11-3/h9-10H,1,5-8H2,2-4H3. The van der Waals surface area contributed by atoms with Gasteiger partial charge in [-0.3, -0.25) is 0 Å². The second-order valence-corrected chi connectivity index (χ2v) is 3.12. The minimum absolute atomic E-state index is 0.328. The molecule has 12 heavy (non-hydrogen) atoms. The van der Waals surface area contributed by atoms with Crippen LogP contribution in [0, 0.1) is 6.92 Å². The zero-order valence-corrected chi connectivity index (χ0v) is 8.51. The number of hydrogen-bond donors (Lipinski definition) is 0. The Morgan fingerprint density at radius 3 is 2.25 bits per heavy atom. The molecule has 0 aliphatic heterocycles. The molecule has 0 saturated heterocycles. The van der Waals surface area contributed by atoms with Gasteiger partial charge in [-0.25, -0.2) is 0 Å². The molecule has 2 nitrogen and oxygen atoms in total. The molecule has 0 bridgehead atoms. The van der Waals surface area contributed by atoms with E-state index in [1.54, 1.807) is 14.2 Å². The summed E-state index contributed by atoms with van der Waals surface area (Å²) in [6, 6.07) is 0. The van der Waals surface area contributed by atoms with Crippen LogP contribution < -0.4 is 0 Å². The Bertz CT molecular complexity index is 89.8. The van der Waals surface area contributed by atoms with Crippen molar-refractivity contribution in [3.05, 3.63) is 6.92 Å². The summed E-state index contributed by atoms with van der Waals surface area (Å²) in [4.78, 5) is 0. The van der Waals surface area contributed by atoms with Gasteiger partial charge in [0.05, 0.1) is 12.2 Å². The van der Waals surface area contributed by atoms with Crippen molar-refractivity contribution < 1.29 is 9.47 Å². The maximum absolute atomic E-state index is 5.21. The summed E-state index contributed by atoms with van der Waals surface area (Å²) in [5, 5.41) is 0. The van der Waals surface area contributed by atoms with Crippen LogP contribution in [-0.4, -0.2) is 26.4 Å². The zero-order valence-electron chi connectivity index (χ0n) is 8.51. The molecule has 0 fully saturated rings. The van der Waals surface area contributed by atoms with Crippen LogP contribution in [0.5, 0.6) is 0 Å². The van der Waals surface area contributed by atoms with Crippen LogP contribution in [0.25, 0.3) is 0 Å². The van der Waals surface area contributed by atoms with Gasteiger partial charge >= 0.3 is 0 Å². The summed E-state index contributed by atoms with van der Waals surface area (Å²) >= 11 is 0. The van der Waals surface area contributed by atoms with Crippen molar-refractivity contribution in [3.63, 3.8) is 0 Å². The molecule has 73 valence electrons. The van der Waals surface area contributed by atoms with Gasteiger partial charge in [-0.1, -0.05) is 6.92 Å². The van der Waals surface area contributed by atoms with Gasteiger partial charge in [-0.2, -0.15) is 0 Å². The smallest absolute Gasteiger partial charge is 0.0571 e. The molecule has 0 amide bonds. The van der Waals surface area contributed by atoms with Gasteiger partial charge in [0, 0.05) is 14.2 Å². The fraction of sp³-hybridized carbons (Fsp3) is 0.900. The van der Waals surface area contributed by atoms with E-state index in [-0.39, 0.29) is 0 Å². The lowest BCUT2D eigenvalue weighted by molar-refractivity contribution is 0.0792. The second kappa shape index (κ2) is 7.56. The lowest BCUT2D eigenvalue weighted by Crippen LogP contribution is -2.11. The lowest BCUT2D eigenvalue weighted by atomic mass is 10.1. The predicted molar refractivity (Wildman–Crippen MR) is 51.1 cm³/mol. The highest BCUT2D eigenvalue weighted by molar-refractivity contribution is 4.60. The molecule has 0 spiro atoms. The van der Waals surface area contributed by atoms with Crippen LogP contribution in [0.2, 0.25) is 0 Å². The van der Waals surface area contributed by atoms with Crippen molar-refractivity contribution in [2.24, 2.45) is 0 Å². The number of methoxy groups -OCH3 is 2. The molecule has 0 aromatic rings. The third kappa shape index (κ3) is 5.56. The first-order valence-corrected chi connectivity index (χ1v) is 4.59. The maximum Gasteiger partial charge on any atom is 0.0571 e. The van der Waals surface area contributed by atoms with Crippen LogP contribution in [0.4, 0.5) is 0 Å². The second-order valence-electron chi connectivity index (χ2n) is 3.12. The van der Waals surface area contributed by atoms with Crippen molar-refractivity contribution >= 4 is 0 Å². The zero-order chi connectivity index (χ0) is 9.40. The van der Waals surface area contributed by atoms with Crippen LogP contribution in [-0.2, 0) is 9.47 Å². The Labute approximate surface area is 76.3 Å². The monoisotopic (exact) mass is 173 g/mol. The Morgan fingerprint density at radius 1 is 1.17 bits per heavy atom. The van der Waals surface area contributed by atoms with Gasteiger partial charge in [-0.15, -0.1) is 0 Å². The molecule has 2 heteroatoms. The molecular formula is C10H21O2. The minimum atomic E-state index is 0.328. The highest BCUT2D eigenvalue weighted by Gasteiger charge is 2.05. The van der Waals surface area contributed by atoms with Crippen LogP contribution in [0.15, 0.2) is 0 Å². The largest absolute Gasteiger partial charge is 0.382 e. The molecule has 0 aromatic heterocycles. The highest BCUT2D eigenvalue weighted by Crippen LogP contribution is 2.09. The van der Waals surface area contributed by atoms with E-state index >= 15 is 0 Å². The van der Waals surface area contributed by atoms with E-state index in [9.17, 15) is 0 Å². The van der Waals surface area contributed by atoms with E-state index < -0.39 is 0 Å². The first-order valence-electron chi connectivity index (χ1n) is 4.59. The third-order valence-electron chi connectivity index (χ3n) is 2.19. The molecule has 2 atom stereocenters. The van der Waals surface area contributed by atoms with Gasteiger partial charge in [0.1, 0.15) is 0 Å². The van der Waals surface area contributed by atoms with E-state index in [0.717, 1.165) is 25.7 Å². The normalized spacial score (nSPS) is 16.0. The number of rotatable bonds is 7. The average Bonchev–Trinajstić information content (AvgIpc) is 2.12. The van der Waals surface area contributed by atoms with E-state index in [2.05, 4.69) is 13.8 Å². The topological polar surface area (TPSA) is 18.5 Å². The SMILES string of the molecule is [CH2]CC(CCCC(C)OC)OC. The fourth-order valence-corrected chi connectivity index (χ4v) is 1.13. The van der Waals surface area contributed by atoms with Gasteiger partial charge in [0.25, 0.3) is 0 Å². The van der Waals surface area contributed by atoms with Gasteiger partial charge in [0.2, 0.25) is 0 Å². The molecule has 0 rings (SSSR count). The average molecular weight is 173 g/mol. The van der Waals surface area contributed by atoms with E-state index in [1.807, 2.05) is 0 Å². The van der Waals surface area contributed by atoms with Crippen LogP contribution >= 0.6 is 0 Å². The Balaban J connectivity index is 3.28. The van der Waals surface area contributed by atoms with Crippen molar-refractivity contribution in [1.82, 2.24) is 0 Å². The van der Waals surface area contributed by atoms with Gasteiger partial charge in [0.15, 0.2) is 0 Å². The molecule has 0 aliphatic rings. The lowest BCUT2D eigenvalue weighted by Gasteiger charge is -2.14. The Morgan fingerprint density at radius 2 is 1.83 bits per heavy atom. The highest BCUT2D eigenvalue weighted by atomic mass is 16.5. The van der Waals surface area contributed by atoms with E-state index in [4.69, 9.17) is 9.47 Å². The van der Waals surface area contributed by atoms with Crippen molar-refractivity contribution in [3.8, 4) is 0 Å². The fourth-order valence-electron chi connectivity index (χ4n) is 1.13. The quantitative estimate of drug-likeness (QED) is 0.588. The molecule has 1 radical (unpaired) electrons. The molecular weight excluding hydrogens is 152 g/mol. The third-order valence-corrected chi connectivity index (χ3v) is 2.19. The molecule has 0 N–H and O–H groups in total. The summed E-state index contributed by atoms with van der Waals surface area (Å²) in [5.41, 5.74) is 0. The summed E-state index contributed by atoms with van der Waals surface area (Å²) in [5.74, 6) is 0. The summed E-state index contributed by atoms with van der Waals surface area (Å²) in [6.07, 6.45) is 4.91. The summed E-state index contributed by atoms with van der Waals surface area (Å²) in [7, 11) is 3.50. The first-order chi connectivity index (χ1) is 5.74. The maximum atomic E-state index is 5.21. The molecule has 0 aliphatic carbocycles. The minimum Gasteiger partial charge on any atom is -0.382 e.